The molecule has 2 atom stereocenters. The van der Waals surface area contributed by atoms with Crippen molar-refractivity contribution in [2.24, 2.45) is 11.8 Å². The highest BCUT2D eigenvalue weighted by atomic mass is 16.5. The maximum absolute atomic E-state index is 12.1. The third kappa shape index (κ3) is 3.77. The zero-order valence-corrected chi connectivity index (χ0v) is 14.4. The first-order valence-electron chi connectivity index (χ1n) is 9.09. The highest BCUT2D eigenvalue weighted by Crippen LogP contribution is 2.30. The molecule has 0 saturated heterocycles. The zero-order valence-electron chi connectivity index (χ0n) is 14.4. The van der Waals surface area contributed by atoms with Crippen molar-refractivity contribution >= 4 is 11.5 Å². The van der Waals surface area contributed by atoms with E-state index in [2.05, 4.69) is 26.0 Å². The first kappa shape index (κ1) is 16.5. The van der Waals surface area contributed by atoms with E-state index >= 15 is 0 Å². The van der Waals surface area contributed by atoms with Gasteiger partial charge < -0.3 is 10.5 Å². The van der Waals surface area contributed by atoms with Crippen LogP contribution in [0.5, 0.6) is 0 Å². The fourth-order valence-electron chi connectivity index (χ4n) is 3.90. The van der Waals surface area contributed by atoms with Gasteiger partial charge in [-0.05, 0) is 48.8 Å². The predicted octanol–water partition coefficient (Wildman–Crippen LogP) is 4.06. The molecule has 0 spiro atoms. The molecule has 2 unspecified atom stereocenters. The molecule has 1 saturated carbocycles. The van der Waals surface area contributed by atoms with Gasteiger partial charge in [0, 0.05) is 23.6 Å². The first-order chi connectivity index (χ1) is 11.0. The summed E-state index contributed by atoms with van der Waals surface area (Å²) in [6.45, 7) is 4.87. The van der Waals surface area contributed by atoms with Gasteiger partial charge in [-0.25, -0.2) is 0 Å². The smallest absolute Gasteiger partial charge is 0.136 e. The lowest BCUT2D eigenvalue weighted by Crippen LogP contribution is -2.24. The average Bonchev–Trinajstić information content (AvgIpc) is 3.04. The Morgan fingerprint density at radius 1 is 1.13 bits per heavy atom. The molecule has 3 heteroatoms. The van der Waals surface area contributed by atoms with E-state index in [1.165, 1.54) is 36.8 Å². The molecular weight excluding hydrogens is 286 g/mol. The van der Waals surface area contributed by atoms with Crippen LogP contribution in [-0.4, -0.2) is 11.9 Å². The van der Waals surface area contributed by atoms with E-state index in [1.54, 1.807) is 0 Å². The Bertz CT molecular complexity index is 575. The molecule has 1 aromatic rings. The highest BCUT2D eigenvalue weighted by molar-refractivity contribution is 5.81. The summed E-state index contributed by atoms with van der Waals surface area (Å²) >= 11 is 0. The van der Waals surface area contributed by atoms with E-state index in [9.17, 15) is 4.79 Å². The van der Waals surface area contributed by atoms with Crippen molar-refractivity contribution < 1.29 is 9.53 Å². The summed E-state index contributed by atoms with van der Waals surface area (Å²) in [6.07, 6.45) is 7.76. The average molecular weight is 315 g/mol. The zero-order chi connectivity index (χ0) is 16.4. The first-order valence-corrected chi connectivity index (χ1v) is 9.09. The van der Waals surface area contributed by atoms with Crippen molar-refractivity contribution in [1.29, 1.82) is 0 Å². The molecule has 23 heavy (non-hydrogen) atoms. The molecule has 0 bridgehead atoms. The van der Waals surface area contributed by atoms with Gasteiger partial charge in [-0.15, -0.1) is 0 Å². The molecule has 1 aromatic carbocycles. The summed E-state index contributed by atoms with van der Waals surface area (Å²) in [7, 11) is 0. The highest BCUT2D eigenvalue weighted by Gasteiger charge is 2.25. The molecule has 0 aliphatic heterocycles. The Morgan fingerprint density at radius 2 is 1.87 bits per heavy atom. The minimum Gasteiger partial charge on any atom is -0.398 e. The standard InChI is InChI=1S/C20H29NO2/c1-13-9-16-10-17(12-23-18-5-3-4-6-18)19(21)11-15(16)7-8-20(22)14(13)2/h10-11,13-14,18H,3-9,12,21H2,1-2H3. The van der Waals surface area contributed by atoms with Gasteiger partial charge in [0.05, 0.1) is 12.7 Å². The van der Waals surface area contributed by atoms with Crippen molar-refractivity contribution in [2.75, 3.05) is 5.73 Å². The van der Waals surface area contributed by atoms with Gasteiger partial charge in [0.1, 0.15) is 5.78 Å². The SMILES string of the molecule is CC1Cc2cc(COC3CCCC3)c(N)cc2CCC(=O)C1C. The van der Waals surface area contributed by atoms with E-state index < -0.39 is 0 Å². The molecule has 126 valence electrons. The van der Waals surface area contributed by atoms with Gasteiger partial charge >= 0.3 is 0 Å². The number of Topliss-reactive ketones (excluding diaryl/α,β-unsaturated/α-hetero) is 1. The van der Waals surface area contributed by atoms with Crippen LogP contribution >= 0.6 is 0 Å². The monoisotopic (exact) mass is 315 g/mol. The number of ether oxygens (including phenoxy) is 1. The number of rotatable bonds is 3. The second-order valence-corrected chi connectivity index (χ2v) is 7.47. The predicted molar refractivity (Wildman–Crippen MR) is 93.3 cm³/mol. The van der Waals surface area contributed by atoms with Crippen LogP contribution in [0.25, 0.3) is 0 Å². The number of fused-ring (bicyclic) bond motifs is 1. The Hall–Kier alpha value is -1.35. The maximum atomic E-state index is 12.1. The molecule has 2 N–H and O–H groups in total. The fraction of sp³-hybridized carbons (Fsp3) is 0.650. The van der Waals surface area contributed by atoms with Crippen LogP contribution < -0.4 is 5.73 Å². The Kier molecular flexibility index (Phi) is 5.05. The van der Waals surface area contributed by atoms with Gasteiger partial charge in [0.25, 0.3) is 0 Å². The number of benzene rings is 1. The normalized spacial score (nSPS) is 25.9. The van der Waals surface area contributed by atoms with Gasteiger partial charge in [-0.2, -0.15) is 0 Å². The minimum absolute atomic E-state index is 0.152. The molecule has 0 amide bonds. The summed E-state index contributed by atoms with van der Waals surface area (Å²) < 4.78 is 6.05. The fourth-order valence-corrected chi connectivity index (χ4v) is 3.90. The van der Waals surface area contributed by atoms with Crippen molar-refractivity contribution in [3.63, 3.8) is 0 Å². The topological polar surface area (TPSA) is 52.3 Å². The molecule has 0 heterocycles. The van der Waals surface area contributed by atoms with Gasteiger partial charge in [0.2, 0.25) is 0 Å². The number of ketones is 1. The Morgan fingerprint density at radius 3 is 2.61 bits per heavy atom. The van der Waals surface area contributed by atoms with Gasteiger partial charge in [-0.1, -0.05) is 32.8 Å². The van der Waals surface area contributed by atoms with Crippen molar-refractivity contribution in [3.05, 3.63) is 28.8 Å². The summed E-state index contributed by atoms with van der Waals surface area (Å²) in [5.41, 5.74) is 10.8. The van der Waals surface area contributed by atoms with Crippen molar-refractivity contribution in [1.82, 2.24) is 0 Å². The molecule has 3 rings (SSSR count). The van der Waals surface area contributed by atoms with E-state index in [0.29, 0.717) is 30.8 Å². The lowest BCUT2D eigenvalue weighted by molar-refractivity contribution is -0.123. The number of anilines is 1. The number of carbonyl (C=O) groups is 1. The van der Waals surface area contributed by atoms with Crippen molar-refractivity contribution in [2.45, 2.75) is 71.5 Å². The van der Waals surface area contributed by atoms with Crippen molar-refractivity contribution in [3.8, 4) is 0 Å². The summed E-state index contributed by atoms with van der Waals surface area (Å²) in [4.78, 5) is 12.1. The Labute approximate surface area is 139 Å². The molecule has 1 fully saturated rings. The summed E-state index contributed by atoms with van der Waals surface area (Å²) in [6, 6.07) is 4.32. The number of nitrogens with two attached hydrogens (primary N) is 1. The number of nitrogen functional groups attached to an aromatic ring is 1. The van der Waals surface area contributed by atoms with E-state index in [4.69, 9.17) is 10.5 Å². The van der Waals surface area contributed by atoms with E-state index in [0.717, 1.165) is 24.1 Å². The number of aryl methyl sites for hydroxylation is 1. The molecule has 2 aliphatic carbocycles. The van der Waals surface area contributed by atoms with Crippen LogP contribution in [0.3, 0.4) is 0 Å². The minimum atomic E-state index is 0.152. The number of carbonyl (C=O) groups excluding carboxylic acids is 1. The van der Waals surface area contributed by atoms with Crippen LogP contribution in [0, 0.1) is 11.8 Å². The maximum Gasteiger partial charge on any atom is 0.136 e. The third-order valence-corrected chi connectivity index (χ3v) is 5.78. The molecule has 0 aromatic heterocycles. The van der Waals surface area contributed by atoms with Crippen LogP contribution in [-0.2, 0) is 29.0 Å². The van der Waals surface area contributed by atoms with Crippen LogP contribution in [0.1, 0.15) is 62.6 Å². The van der Waals surface area contributed by atoms with E-state index in [1.807, 2.05) is 0 Å². The largest absolute Gasteiger partial charge is 0.398 e. The quantitative estimate of drug-likeness (QED) is 0.856. The summed E-state index contributed by atoms with van der Waals surface area (Å²) in [5.74, 6) is 0.919. The third-order valence-electron chi connectivity index (χ3n) is 5.78. The molecule has 3 nitrogen and oxygen atoms in total. The van der Waals surface area contributed by atoms with Crippen LogP contribution in [0.4, 0.5) is 5.69 Å². The second kappa shape index (κ2) is 7.04. The summed E-state index contributed by atoms with van der Waals surface area (Å²) in [5, 5.41) is 0. The second-order valence-electron chi connectivity index (χ2n) is 7.47. The number of hydrogen-bond donors (Lipinski definition) is 1. The van der Waals surface area contributed by atoms with Crippen LogP contribution in [0.15, 0.2) is 12.1 Å². The van der Waals surface area contributed by atoms with Gasteiger partial charge in [-0.3, -0.25) is 4.79 Å². The van der Waals surface area contributed by atoms with Crippen LogP contribution in [0.2, 0.25) is 0 Å². The van der Waals surface area contributed by atoms with Gasteiger partial charge in [0.15, 0.2) is 0 Å². The molecular formula is C20H29NO2. The lowest BCUT2D eigenvalue weighted by Gasteiger charge is -2.25. The Balaban J connectivity index is 1.78. The molecule has 0 radical (unpaired) electrons. The van der Waals surface area contributed by atoms with E-state index in [-0.39, 0.29) is 5.92 Å². The molecule has 2 aliphatic rings. The number of hydrogen-bond acceptors (Lipinski definition) is 3. The lowest BCUT2D eigenvalue weighted by atomic mass is 9.80.